The van der Waals surface area contributed by atoms with Crippen LogP contribution in [0.5, 0.6) is 11.5 Å². The van der Waals surface area contributed by atoms with Gasteiger partial charge in [-0.15, -0.1) is 0 Å². The zero-order chi connectivity index (χ0) is 19.3. The summed E-state index contributed by atoms with van der Waals surface area (Å²) < 4.78 is 28.5. The lowest BCUT2D eigenvalue weighted by molar-refractivity contribution is -0.145. The molecule has 0 saturated carbocycles. The fourth-order valence-corrected chi connectivity index (χ4v) is 2.55. The predicted molar refractivity (Wildman–Crippen MR) is 92.8 cm³/mol. The lowest BCUT2D eigenvalue weighted by Crippen LogP contribution is -2.36. The number of hydrogen-bond acceptors (Lipinski definition) is 5. The minimum absolute atomic E-state index is 0.0553. The number of ether oxygens (including phenoxy) is 3. The van der Waals surface area contributed by atoms with Crippen LogP contribution < -0.4 is 9.47 Å². The van der Waals surface area contributed by atoms with Crippen molar-refractivity contribution in [1.29, 1.82) is 0 Å². The van der Waals surface area contributed by atoms with Crippen molar-refractivity contribution in [3.8, 4) is 11.5 Å². The van der Waals surface area contributed by atoms with E-state index in [1.54, 1.807) is 24.3 Å². The second kappa shape index (κ2) is 8.33. The molecule has 6 nitrogen and oxygen atoms in total. The molecule has 0 aliphatic heterocycles. The molecule has 0 N–H and O–H groups in total. The van der Waals surface area contributed by atoms with Crippen molar-refractivity contribution in [2.75, 3.05) is 28.4 Å². The van der Waals surface area contributed by atoms with Crippen LogP contribution in [0.2, 0.25) is 0 Å². The van der Waals surface area contributed by atoms with Gasteiger partial charge in [-0.25, -0.2) is 9.18 Å². The Labute approximate surface area is 151 Å². The maximum absolute atomic E-state index is 13.6. The molecule has 1 atom stereocenters. The van der Waals surface area contributed by atoms with Crippen molar-refractivity contribution in [2.45, 2.75) is 6.04 Å². The van der Waals surface area contributed by atoms with E-state index in [1.807, 2.05) is 0 Å². The van der Waals surface area contributed by atoms with Gasteiger partial charge in [0.1, 0.15) is 5.75 Å². The first kappa shape index (κ1) is 19.2. The smallest absolute Gasteiger partial charge is 0.333 e. The second-order valence-corrected chi connectivity index (χ2v) is 5.47. The molecule has 0 spiro atoms. The molecular weight excluding hydrogens is 341 g/mol. The number of hydrogen-bond donors (Lipinski definition) is 0. The van der Waals surface area contributed by atoms with Crippen molar-refractivity contribution in [1.82, 2.24) is 4.90 Å². The number of benzene rings is 2. The summed E-state index contributed by atoms with van der Waals surface area (Å²) in [5.74, 6) is -1.19. The molecule has 0 bridgehead atoms. The van der Waals surface area contributed by atoms with Crippen LogP contribution in [0.15, 0.2) is 42.5 Å². The molecule has 0 heterocycles. The van der Waals surface area contributed by atoms with Gasteiger partial charge in [0.05, 0.1) is 21.3 Å². The minimum Gasteiger partial charge on any atom is -0.497 e. The number of methoxy groups -OCH3 is 3. The molecule has 7 heteroatoms. The van der Waals surface area contributed by atoms with Gasteiger partial charge in [-0.05, 0) is 35.9 Å². The lowest BCUT2D eigenvalue weighted by atomic mass is 10.0. The summed E-state index contributed by atoms with van der Waals surface area (Å²) in [5, 5.41) is 0. The Balaban J connectivity index is 2.41. The third-order valence-corrected chi connectivity index (χ3v) is 3.94. The van der Waals surface area contributed by atoms with Gasteiger partial charge in [0, 0.05) is 12.6 Å². The van der Waals surface area contributed by atoms with Crippen LogP contribution in [-0.4, -0.2) is 45.2 Å². The summed E-state index contributed by atoms with van der Waals surface area (Å²) >= 11 is 0. The molecule has 0 radical (unpaired) electrons. The first-order valence-electron chi connectivity index (χ1n) is 7.75. The van der Waals surface area contributed by atoms with E-state index in [9.17, 15) is 14.0 Å². The van der Waals surface area contributed by atoms with Gasteiger partial charge in [-0.2, -0.15) is 0 Å². The van der Waals surface area contributed by atoms with Gasteiger partial charge < -0.3 is 19.1 Å². The number of carbonyl (C=O) groups is 2. The molecule has 0 aromatic heterocycles. The highest BCUT2D eigenvalue weighted by Crippen LogP contribution is 2.27. The number of nitrogens with zero attached hydrogens (tertiary/aromatic N) is 1. The third-order valence-electron chi connectivity index (χ3n) is 3.94. The van der Waals surface area contributed by atoms with Crippen molar-refractivity contribution in [3.05, 3.63) is 59.4 Å². The molecule has 2 aromatic carbocycles. The molecule has 0 fully saturated rings. The highest BCUT2D eigenvalue weighted by Gasteiger charge is 2.30. The van der Waals surface area contributed by atoms with E-state index in [1.165, 1.54) is 45.4 Å². The first-order chi connectivity index (χ1) is 12.4. The quantitative estimate of drug-likeness (QED) is 0.741. The predicted octanol–water partition coefficient (Wildman–Crippen LogP) is 2.83. The number of amides is 1. The standard InChI is InChI=1S/C19H20FNO5/c1-21(18(22)13-8-9-15(20)16(11-13)25-3)17(19(23)26-4)12-6-5-7-14(10-12)24-2/h5-11,17H,1-4H3. The van der Waals surface area contributed by atoms with E-state index in [0.29, 0.717) is 11.3 Å². The summed E-state index contributed by atoms with van der Waals surface area (Å²) in [6, 6.07) is 9.55. The molecule has 2 rings (SSSR count). The average molecular weight is 361 g/mol. The van der Waals surface area contributed by atoms with Crippen molar-refractivity contribution in [3.63, 3.8) is 0 Å². The van der Waals surface area contributed by atoms with Gasteiger partial charge in [0.2, 0.25) is 0 Å². The third kappa shape index (κ3) is 3.93. The first-order valence-corrected chi connectivity index (χ1v) is 7.75. The molecule has 26 heavy (non-hydrogen) atoms. The van der Waals surface area contributed by atoms with Crippen molar-refractivity contribution in [2.24, 2.45) is 0 Å². The van der Waals surface area contributed by atoms with E-state index in [0.717, 1.165) is 6.07 Å². The molecule has 0 aliphatic rings. The number of carbonyl (C=O) groups excluding carboxylic acids is 2. The topological polar surface area (TPSA) is 65.1 Å². The second-order valence-electron chi connectivity index (χ2n) is 5.47. The van der Waals surface area contributed by atoms with E-state index in [-0.39, 0.29) is 11.3 Å². The summed E-state index contributed by atoms with van der Waals surface area (Å²) in [7, 11) is 5.53. The Morgan fingerprint density at radius 1 is 1.04 bits per heavy atom. The molecule has 1 amide bonds. The maximum Gasteiger partial charge on any atom is 0.333 e. The maximum atomic E-state index is 13.6. The molecule has 1 unspecified atom stereocenters. The fraction of sp³-hybridized carbons (Fsp3) is 0.263. The molecule has 2 aromatic rings. The Morgan fingerprint density at radius 3 is 2.38 bits per heavy atom. The van der Waals surface area contributed by atoms with Crippen LogP contribution in [0.4, 0.5) is 4.39 Å². The van der Waals surface area contributed by atoms with E-state index < -0.39 is 23.7 Å². The number of halogens is 1. The Bertz CT molecular complexity index is 808. The summed E-state index contributed by atoms with van der Waals surface area (Å²) in [6.45, 7) is 0. The van der Waals surface area contributed by atoms with Gasteiger partial charge in [-0.1, -0.05) is 12.1 Å². The van der Waals surface area contributed by atoms with E-state index in [4.69, 9.17) is 14.2 Å². The molecule has 0 saturated heterocycles. The fourth-order valence-electron chi connectivity index (χ4n) is 2.55. The summed E-state index contributed by atoms with van der Waals surface area (Å²) in [5.41, 5.74) is 0.712. The van der Waals surface area contributed by atoms with Crippen molar-refractivity contribution >= 4 is 11.9 Å². The van der Waals surface area contributed by atoms with Crippen LogP contribution in [0.25, 0.3) is 0 Å². The number of rotatable bonds is 6. The van der Waals surface area contributed by atoms with E-state index in [2.05, 4.69) is 0 Å². The zero-order valence-corrected chi connectivity index (χ0v) is 15.0. The van der Waals surface area contributed by atoms with E-state index >= 15 is 0 Å². The van der Waals surface area contributed by atoms with Crippen LogP contribution in [0.3, 0.4) is 0 Å². The molecule has 138 valence electrons. The summed E-state index contributed by atoms with van der Waals surface area (Å²) in [4.78, 5) is 26.4. The van der Waals surface area contributed by atoms with Crippen LogP contribution in [0.1, 0.15) is 22.0 Å². The molecular formula is C19H20FNO5. The van der Waals surface area contributed by atoms with Gasteiger partial charge in [0.25, 0.3) is 5.91 Å². The van der Waals surface area contributed by atoms with Gasteiger partial charge in [0.15, 0.2) is 17.6 Å². The summed E-state index contributed by atoms with van der Waals surface area (Å²) in [6.07, 6.45) is 0. The SMILES string of the molecule is COC(=O)C(c1cccc(OC)c1)N(C)C(=O)c1ccc(F)c(OC)c1. The zero-order valence-electron chi connectivity index (χ0n) is 15.0. The van der Waals surface area contributed by atoms with Crippen molar-refractivity contribution < 1.29 is 28.2 Å². The van der Waals surface area contributed by atoms with Gasteiger partial charge in [-0.3, -0.25) is 4.79 Å². The number of likely N-dealkylation sites (N-methyl/N-ethyl adjacent to an activating group) is 1. The monoisotopic (exact) mass is 361 g/mol. The Hall–Kier alpha value is -3.09. The Morgan fingerprint density at radius 2 is 1.77 bits per heavy atom. The largest absolute Gasteiger partial charge is 0.497 e. The van der Waals surface area contributed by atoms with Crippen LogP contribution in [0, 0.1) is 5.82 Å². The van der Waals surface area contributed by atoms with Crippen LogP contribution in [-0.2, 0) is 9.53 Å². The number of esters is 1. The van der Waals surface area contributed by atoms with Crippen LogP contribution >= 0.6 is 0 Å². The molecule has 0 aliphatic carbocycles. The highest BCUT2D eigenvalue weighted by atomic mass is 19.1. The minimum atomic E-state index is -0.987. The Kier molecular flexibility index (Phi) is 6.16. The highest BCUT2D eigenvalue weighted by molar-refractivity contribution is 5.97. The normalized spacial score (nSPS) is 11.4. The van der Waals surface area contributed by atoms with Gasteiger partial charge >= 0.3 is 5.97 Å². The average Bonchev–Trinajstić information content (AvgIpc) is 2.67. The lowest BCUT2D eigenvalue weighted by Gasteiger charge is -2.27.